The summed E-state index contributed by atoms with van der Waals surface area (Å²) < 4.78 is 5.20. The standard InChI is InChI=1S/C16H20N2O2/c17-11-10-13-6-8-15(9-7-13)18-16(19)20-12-14-4-2-1-3-5-14/h1-5,13,15H,6-10,12H2,(H,18,19). The van der Waals surface area contributed by atoms with Crippen molar-refractivity contribution in [1.29, 1.82) is 5.26 Å². The monoisotopic (exact) mass is 272 g/mol. The number of nitriles is 1. The predicted molar refractivity (Wildman–Crippen MR) is 75.7 cm³/mol. The first-order valence-electron chi connectivity index (χ1n) is 7.12. The molecule has 1 amide bonds. The number of amides is 1. The van der Waals surface area contributed by atoms with Crippen molar-refractivity contribution in [2.75, 3.05) is 0 Å². The second kappa shape index (κ2) is 7.54. The van der Waals surface area contributed by atoms with Gasteiger partial charge in [-0.05, 0) is 37.2 Å². The molecule has 1 fully saturated rings. The van der Waals surface area contributed by atoms with Gasteiger partial charge in [-0.3, -0.25) is 0 Å². The summed E-state index contributed by atoms with van der Waals surface area (Å²) in [6.45, 7) is 0.302. The number of alkyl carbamates (subject to hydrolysis) is 1. The predicted octanol–water partition coefficient (Wildman–Crippen LogP) is 3.39. The quantitative estimate of drug-likeness (QED) is 0.913. The van der Waals surface area contributed by atoms with Crippen molar-refractivity contribution in [3.05, 3.63) is 35.9 Å². The van der Waals surface area contributed by atoms with Gasteiger partial charge in [-0.25, -0.2) is 4.79 Å². The molecular formula is C16H20N2O2. The fraction of sp³-hybridized carbons (Fsp3) is 0.500. The molecule has 0 aromatic heterocycles. The van der Waals surface area contributed by atoms with Gasteiger partial charge in [-0.1, -0.05) is 30.3 Å². The Labute approximate surface area is 119 Å². The number of carbonyl (C=O) groups excluding carboxylic acids is 1. The third-order valence-electron chi connectivity index (χ3n) is 3.76. The number of nitrogens with one attached hydrogen (secondary N) is 1. The molecule has 2 rings (SSSR count). The van der Waals surface area contributed by atoms with Crippen molar-refractivity contribution in [2.45, 2.75) is 44.8 Å². The Bertz CT molecular complexity index is 459. The van der Waals surface area contributed by atoms with Crippen LogP contribution in [0.2, 0.25) is 0 Å². The molecule has 4 heteroatoms. The highest BCUT2D eigenvalue weighted by Gasteiger charge is 2.22. The highest BCUT2D eigenvalue weighted by molar-refractivity contribution is 5.67. The SMILES string of the molecule is N#CCC1CCC(NC(=O)OCc2ccccc2)CC1. The zero-order chi connectivity index (χ0) is 14.2. The first-order valence-corrected chi connectivity index (χ1v) is 7.12. The van der Waals surface area contributed by atoms with E-state index in [1.165, 1.54) is 0 Å². The molecular weight excluding hydrogens is 252 g/mol. The van der Waals surface area contributed by atoms with E-state index in [1.807, 2.05) is 30.3 Å². The minimum atomic E-state index is -0.349. The van der Waals surface area contributed by atoms with Crippen molar-refractivity contribution < 1.29 is 9.53 Å². The average molecular weight is 272 g/mol. The number of carbonyl (C=O) groups is 1. The Balaban J connectivity index is 1.67. The van der Waals surface area contributed by atoms with E-state index < -0.39 is 0 Å². The summed E-state index contributed by atoms with van der Waals surface area (Å²) >= 11 is 0. The van der Waals surface area contributed by atoms with E-state index in [4.69, 9.17) is 10.00 Å². The van der Waals surface area contributed by atoms with Crippen LogP contribution in [0.3, 0.4) is 0 Å². The molecule has 1 aromatic rings. The third-order valence-corrected chi connectivity index (χ3v) is 3.76. The normalized spacial score (nSPS) is 21.8. The van der Waals surface area contributed by atoms with Crippen LogP contribution in [-0.2, 0) is 11.3 Å². The van der Waals surface area contributed by atoms with Gasteiger partial charge in [0.25, 0.3) is 0 Å². The van der Waals surface area contributed by atoms with Gasteiger partial charge in [0.2, 0.25) is 0 Å². The van der Waals surface area contributed by atoms with Crippen LogP contribution in [0.5, 0.6) is 0 Å². The van der Waals surface area contributed by atoms with Gasteiger partial charge in [0.05, 0.1) is 6.07 Å². The van der Waals surface area contributed by atoms with E-state index in [0.29, 0.717) is 18.9 Å². The lowest BCUT2D eigenvalue weighted by atomic mass is 9.84. The van der Waals surface area contributed by atoms with E-state index in [0.717, 1.165) is 31.2 Å². The van der Waals surface area contributed by atoms with Gasteiger partial charge in [-0.2, -0.15) is 5.26 Å². The first kappa shape index (κ1) is 14.4. The molecule has 4 nitrogen and oxygen atoms in total. The van der Waals surface area contributed by atoms with Gasteiger partial charge in [0.15, 0.2) is 0 Å². The van der Waals surface area contributed by atoms with Crippen LogP contribution in [0, 0.1) is 17.2 Å². The topological polar surface area (TPSA) is 62.1 Å². The summed E-state index contributed by atoms with van der Waals surface area (Å²) in [6, 6.07) is 12.1. The highest BCUT2D eigenvalue weighted by Crippen LogP contribution is 2.26. The van der Waals surface area contributed by atoms with Crippen molar-refractivity contribution in [3.8, 4) is 6.07 Å². The van der Waals surface area contributed by atoms with E-state index >= 15 is 0 Å². The Morgan fingerprint density at radius 2 is 1.95 bits per heavy atom. The smallest absolute Gasteiger partial charge is 0.407 e. The maximum atomic E-state index is 11.7. The van der Waals surface area contributed by atoms with Crippen molar-refractivity contribution in [2.24, 2.45) is 5.92 Å². The van der Waals surface area contributed by atoms with Gasteiger partial charge in [0, 0.05) is 12.5 Å². The van der Waals surface area contributed by atoms with Crippen LogP contribution in [0.25, 0.3) is 0 Å². The van der Waals surface area contributed by atoms with Crippen LogP contribution in [0.4, 0.5) is 4.79 Å². The fourth-order valence-corrected chi connectivity index (χ4v) is 2.57. The molecule has 1 aliphatic carbocycles. The zero-order valence-corrected chi connectivity index (χ0v) is 11.5. The molecule has 1 saturated carbocycles. The highest BCUT2D eigenvalue weighted by atomic mass is 16.5. The van der Waals surface area contributed by atoms with Gasteiger partial charge >= 0.3 is 6.09 Å². The third kappa shape index (κ3) is 4.58. The fourth-order valence-electron chi connectivity index (χ4n) is 2.57. The van der Waals surface area contributed by atoms with E-state index in [2.05, 4.69) is 11.4 Å². The van der Waals surface area contributed by atoms with Crippen molar-refractivity contribution >= 4 is 6.09 Å². The number of rotatable bonds is 4. The number of ether oxygens (including phenoxy) is 1. The number of hydrogen-bond acceptors (Lipinski definition) is 3. The van der Waals surface area contributed by atoms with Crippen LogP contribution in [0.1, 0.15) is 37.7 Å². The molecule has 0 unspecified atom stereocenters. The molecule has 106 valence electrons. The Hall–Kier alpha value is -2.02. The molecule has 0 atom stereocenters. The van der Waals surface area contributed by atoms with E-state index in [1.54, 1.807) is 0 Å². The number of nitrogens with zero attached hydrogens (tertiary/aromatic N) is 1. The molecule has 1 N–H and O–H groups in total. The van der Waals surface area contributed by atoms with Gasteiger partial charge in [-0.15, -0.1) is 0 Å². The number of benzene rings is 1. The van der Waals surface area contributed by atoms with Gasteiger partial charge in [0.1, 0.15) is 6.61 Å². The minimum absolute atomic E-state index is 0.188. The largest absolute Gasteiger partial charge is 0.445 e. The lowest BCUT2D eigenvalue weighted by Crippen LogP contribution is -2.37. The van der Waals surface area contributed by atoms with Crippen LogP contribution in [0.15, 0.2) is 30.3 Å². The molecule has 0 heterocycles. The lowest BCUT2D eigenvalue weighted by Gasteiger charge is -2.27. The summed E-state index contributed by atoms with van der Waals surface area (Å²) in [5, 5.41) is 11.6. The van der Waals surface area contributed by atoms with Crippen LogP contribution >= 0.6 is 0 Å². The molecule has 0 aliphatic heterocycles. The molecule has 0 saturated heterocycles. The van der Waals surface area contributed by atoms with Crippen LogP contribution in [-0.4, -0.2) is 12.1 Å². The molecule has 0 radical (unpaired) electrons. The van der Waals surface area contributed by atoms with Gasteiger partial charge < -0.3 is 10.1 Å². The summed E-state index contributed by atoms with van der Waals surface area (Å²) in [7, 11) is 0. The molecule has 0 bridgehead atoms. The minimum Gasteiger partial charge on any atom is -0.445 e. The summed E-state index contributed by atoms with van der Waals surface area (Å²) in [4.78, 5) is 11.7. The van der Waals surface area contributed by atoms with Crippen molar-refractivity contribution in [3.63, 3.8) is 0 Å². The molecule has 0 spiro atoms. The summed E-state index contributed by atoms with van der Waals surface area (Å²) in [6.07, 6.45) is 4.18. The lowest BCUT2D eigenvalue weighted by molar-refractivity contribution is 0.131. The molecule has 20 heavy (non-hydrogen) atoms. The van der Waals surface area contributed by atoms with E-state index in [-0.39, 0.29) is 12.1 Å². The van der Waals surface area contributed by atoms with Crippen LogP contribution < -0.4 is 5.32 Å². The second-order valence-electron chi connectivity index (χ2n) is 5.29. The number of hydrogen-bond donors (Lipinski definition) is 1. The summed E-state index contributed by atoms with van der Waals surface area (Å²) in [5.41, 5.74) is 0.986. The van der Waals surface area contributed by atoms with E-state index in [9.17, 15) is 4.79 Å². The van der Waals surface area contributed by atoms with Crippen molar-refractivity contribution in [1.82, 2.24) is 5.32 Å². The Kier molecular flexibility index (Phi) is 5.43. The summed E-state index contributed by atoms with van der Waals surface area (Å²) in [5.74, 6) is 0.499. The average Bonchev–Trinajstić information content (AvgIpc) is 2.49. The molecule has 1 aliphatic rings. The Morgan fingerprint density at radius 3 is 2.60 bits per heavy atom. The first-order chi connectivity index (χ1) is 9.78. The second-order valence-corrected chi connectivity index (χ2v) is 5.29. The Morgan fingerprint density at radius 1 is 1.25 bits per heavy atom. The molecule has 1 aromatic carbocycles. The maximum Gasteiger partial charge on any atom is 0.407 e. The maximum absolute atomic E-state index is 11.7. The zero-order valence-electron chi connectivity index (χ0n) is 11.5.